The van der Waals surface area contributed by atoms with Crippen LogP contribution in [-0.2, 0) is 21.9 Å². The van der Waals surface area contributed by atoms with Gasteiger partial charge in [0.1, 0.15) is 6.04 Å². The van der Waals surface area contributed by atoms with Crippen LogP contribution in [0.1, 0.15) is 31.9 Å². The molecule has 2 amide bonds. The van der Waals surface area contributed by atoms with Crippen LogP contribution in [0.25, 0.3) is 0 Å². The van der Waals surface area contributed by atoms with Crippen molar-refractivity contribution < 1.29 is 9.59 Å². The highest BCUT2D eigenvalue weighted by Gasteiger charge is 2.26. The highest BCUT2D eigenvalue weighted by molar-refractivity contribution is 7.99. The Hall–Kier alpha value is -1.11. The number of amides is 2. The van der Waals surface area contributed by atoms with Crippen LogP contribution in [0.15, 0.2) is 36.4 Å². The molecule has 0 unspecified atom stereocenters. The molecule has 0 spiro atoms. The fourth-order valence-electron chi connectivity index (χ4n) is 2.84. The Kier molecular flexibility index (Phi) is 11.0. The summed E-state index contributed by atoms with van der Waals surface area (Å²) in [6.45, 7) is 6.50. The van der Waals surface area contributed by atoms with Crippen LogP contribution in [0.3, 0.4) is 0 Å². The Morgan fingerprint density at radius 3 is 2.31 bits per heavy atom. The van der Waals surface area contributed by atoms with Gasteiger partial charge in [-0.3, -0.25) is 9.59 Å². The number of thioether (sulfide) groups is 1. The fourth-order valence-corrected chi connectivity index (χ4v) is 4.48. The first-order valence-electron chi connectivity index (χ1n) is 10.1. The van der Waals surface area contributed by atoms with E-state index in [9.17, 15) is 9.59 Å². The van der Waals surface area contributed by atoms with E-state index in [1.54, 1.807) is 42.2 Å². The zero-order chi connectivity index (χ0) is 23.8. The highest BCUT2D eigenvalue weighted by atomic mass is 35.5. The van der Waals surface area contributed by atoms with Crippen molar-refractivity contribution in [1.29, 1.82) is 0 Å². The average molecular weight is 536 g/mol. The molecular weight excluding hydrogens is 510 g/mol. The summed E-state index contributed by atoms with van der Waals surface area (Å²) in [4.78, 5) is 27.4. The number of benzene rings is 2. The van der Waals surface area contributed by atoms with Gasteiger partial charge in [0.15, 0.2) is 0 Å². The SMILES string of the molecule is CC(C)CNC(=O)[C@@H](C)N(Cc1ccc(Cl)cc1Cl)C(=O)CSCc1ccc(Cl)c(Cl)c1. The molecule has 1 atom stereocenters. The summed E-state index contributed by atoms with van der Waals surface area (Å²) < 4.78 is 0. The highest BCUT2D eigenvalue weighted by Crippen LogP contribution is 2.26. The van der Waals surface area contributed by atoms with Crippen molar-refractivity contribution in [3.8, 4) is 0 Å². The molecule has 4 nitrogen and oxygen atoms in total. The molecule has 0 aliphatic rings. The van der Waals surface area contributed by atoms with Gasteiger partial charge in [0.2, 0.25) is 11.8 Å². The van der Waals surface area contributed by atoms with E-state index in [0.717, 1.165) is 11.1 Å². The van der Waals surface area contributed by atoms with Gasteiger partial charge in [-0.05, 0) is 48.2 Å². The second-order valence-corrected chi connectivity index (χ2v) is 10.5. The molecule has 9 heteroatoms. The number of nitrogens with one attached hydrogen (secondary N) is 1. The molecule has 0 aromatic heterocycles. The molecule has 2 rings (SSSR count). The monoisotopic (exact) mass is 534 g/mol. The van der Waals surface area contributed by atoms with Gasteiger partial charge in [-0.25, -0.2) is 0 Å². The van der Waals surface area contributed by atoms with Crippen molar-refractivity contribution in [3.63, 3.8) is 0 Å². The lowest BCUT2D eigenvalue weighted by molar-refractivity contribution is -0.138. The predicted octanol–water partition coefficient (Wildman–Crippen LogP) is 6.72. The van der Waals surface area contributed by atoms with E-state index in [2.05, 4.69) is 5.32 Å². The Labute approximate surface area is 213 Å². The maximum absolute atomic E-state index is 13.1. The molecule has 174 valence electrons. The molecule has 2 aromatic carbocycles. The molecule has 0 aliphatic heterocycles. The maximum atomic E-state index is 13.1. The van der Waals surface area contributed by atoms with Gasteiger partial charge in [0.05, 0.1) is 15.8 Å². The summed E-state index contributed by atoms with van der Waals surface area (Å²) >= 11 is 25.8. The van der Waals surface area contributed by atoms with E-state index in [-0.39, 0.29) is 24.1 Å². The Balaban J connectivity index is 2.11. The van der Waals surface area contributed by atoms with Crippen LogP contribution in [0.2, 0.25) is 20.1 Å². The summed E-state index contributed by atoms with van der Waals surface area (Å²) in [6.07, 6.45) is 0. The summed E-state index contributed by atoms with van der Waals surface area (Å²) in [7, 11) is 0. The van der Waals surface area contributed by atoms with Crippen molar-refractivity contribution in [2.24, 2.45) is 5.92 Å². The summed E-state index contributed by atoms with van der Waals surface area (Å²) in [6, 6.07) is 9.86. The van der Waals surface area contributed by atoms with Crippen LogP contribution >= 0.6 is 58.2 Å². The topological polar surface area (TPSA) is 49.4 Å². The van der Waals surface area contributed by atoms with Gasteiger partial charge in [-0.1, -0.05) is 72.4 Å². The van der Waals surface area contributed by atoms with E-state index in [1.165, 1.54) is 11.8 Å². The lowest BCUT2D eigenvalue weighted by atomic mass is 10.1. The maximum Gasteiger partial charge on any atom is 0.242 e. The molecule has 0 fully saturated rings. The van der Waals surface area contributed by atoms with Gasteiger partial charge in [0, 0.05) is 28.9 Å². The molecule has 0 saturated carbocycles. The lowest BCUT2D eigenvalue weighted by Crippen LogP contribution is -2.48. The molecule has 32 heavy (non-hydrogen) atoms. The number of halogens is 4. The van der Waals surface area contributed by atoms with E-state index >= 15 is 0 Å². The van der Waals surface area contributed by atoms with Crippen molar-refractivity contribution in [1.82, 2.24) is 10.2 Å². The first-order chi connectivity index (χ1) is 15.1. The van der Waals surface area contributed by atoms with Crippen molar-refractivity contribution >= 4 is 70.0 Å². The number of carbonyl (C=O) groups is 2. The molecule has 0 radical (unpaired) electrons. The summed E-state index contributed by atoms with van der Waals surface area (Å²) in [5.41, 5.74) is 1.69. The number of hydrogen-bond acceptors (Lipinski definition) is 3. The average Bonchev–Trinajstić information content (AvgIpc) is 2.73. The Morgan fingerprint density at radius 2 is 1.69 bits per heavy atom. The van der Waals surface area contributed by atoms with Crippen LogP contribution in [0.4, 0.5) is 0 Å². The molecule has 0 saturated heterocycles. The van der Waals surface area contributed by atoms with E-state index < -0.39 is 6.04 Å². The minimum Gasteiger partial charge on any atom is -0.354 e. The zero-order valence-corrected chi connectivity index (χ0v) is 22.0. The number of carbonyl (C=O) groups excluding carboxylic acids is 2. The van der Waals surface area contributed by atoms with Gasteiger partial charge >= 0.3 is 0 Å². The van der Waals surface area contributed by atoms with Crippen LogP contribution in [0, 0.1) is 5.92 Å². The number of rotatable bonds is 10. The van der Waals surface area contributed by atoms with Crippen LogP contribution in [0.5, 0.6) is 0 Å². The van der Waals surface area contributed by atoms with Gasteiger partial charge in [0.25, 0.3) is 0 Å². The minimum absolute atomic E-state index is 0.159. The molecule has 1 N–H and O–H groups in total. The third-order valence-electron chi connectivity index (χ3n) is 4.69. The Bertz CT molecular complexity index is 956. The van der Waals surface area contributed by atoms with Gasteiger partial charge in [-0.2, -0.15) is 0 Å². The first kappa shape index (κ1) is 27.1. The van der Waals surface area contributed by atoms with E-state index in [1.807, 2.05) is 19.9 Å². The second kappa shape index (κ2) is 13.0. The molecule has 0 heterocycles. The molecular formula is C23H26Cl4N2O2S. The Morgan fingerprint density at radius 1 is 0.969 bits per heavy atom. The standard InChI is InChI=1S/C23H26Cl4N2O2S/c1-14(2)10-28-23(31)15(3)29(11-17-5-6-18(24)9-20(17)26)22(30)13-32-12-16-4-7-19(25)21(27)8-16/h4-9,14-15H,10-13H2,1-3H3,(H,28,31)/t15-/m1/s1. The van der Waals surface area contributed by atoms with Gasteiger partial charge in [-0.15, -0.1) is 11.8 Å². The lowest BCUT2D eigenvalue weighted by Gasteiger charge is -2.29. The van der Waals surface area contributed by atoms with Crippen molar-refractivity contribution in [2.75, 3.05) is 12.3 Å². The molecule has 0 aliphatic carbocycles. The van der Waals surface area contributed by atoms with Gasteiger partial charge < -0.3 is 10.2 Å². The van der Waals surface area contributed by atoms with Crippen molar-refractivity contribution in [2.45, 2.75) is 39.1 Å². The number of hydrogen-bond donors (Lipinski definition) is 1. The van der Waals surface area contributed by atoms with Crippen LogP contribution in [-0.4, -0.2) is 35.1 Å². The van der Waals surface area contributed by atoms with Crippen molar-refractivity contribution in [3.05, 3.63) is 67.6 Å². The summed E-state index contributed by atoms with van der Waals surface area (Å²) in [5, 5.41) is 4.83. The predicted molar refractivity (Wildman–Crippen MR) is 137 cm³/mol. The third-order valence-corrected chi connectivity index (χ3v) is 7.00. The zero-order valence-electron chi connectivity index (χ0n) is 18.1. The van der Waals surface area contributed by atoms with Crippen LogP contribution < -0.4 is 5.32 Å². The third kappa shape index (κ3) is 8.35. The van der Waals surface area contributed by atoms with E-state index in [0.29, 0.717) is 38.3 Å². The first-order valence-corrected chi connectivity index (χ1v) is 12.8. The minimum atomic E-state index is -0.654. The molecule has 0 bridgehead atoms. The smallest absolute Gasteiger partial charge is 0.242 e. The largest absolute Gasteiger partial charge is 0.354 e. The normalized spacial score (nSPS) is 12.0. The quantitative estimate of drug-likeness (QED) is 0.367. The molecule has 2 aromatic rings. The summed E-state index contributed by atoms with van der Waals surface area (Å²) in [5.74, 6) is 0.738. The number of nitrogens with zero attached hydrogens (tertiary/aromatic N) is 1. The fraction of sp³-hybridized carbons (Fsp3) is 0.391. The second-order valence-electron chi connectivity index (χ2n) is 7.81. The van der Waals surface area contributed by atoms with E-state index in [4.69, 9.17) is 46.4 Å².